The van der Waals surface area contributed by atoms with Crippen LogP contribution in [-0.4, -0.2) is 40.6 Å². The number of halogens is 3. The molecule has 4 N–H and O–H groups in total. The van der Waals surface area contributed by atoms with Gasteiger partial charge in [-0.2, -0.15) is 0 Å². The maximum Gasteiger partial charge on any atom is 0.573 e. The zero-order chi connectivity index (χ0) is 22.3. The molecule has 2 amide bonds. The molecule has 0 saturated heterocycles. The molecule has 0 aliphatic carbocycles. The Bertz CT molecular complexity index is 854. The van der Waals surface area contributed by atoms with Crippen molar-refractivity contribution in [1.29, 1.82) is 0 Å². The predicted molar refractivity (Wildman–Crippen MR) is 96.8 cm³/mol. The monoisotopic (exact) mass is 428 g/mol. The fraction of sp³-hybridized carbons (Fsp3) is 0.263. The van der Waals surface area contributed by atoms with Gasteiger partial charge in [-0.1, -0.05) is 12.1 Å². The molecule has 2 atom stereocenters. The molecule has 0 spiro atoms. The topological polar surface area (TPSA) is 117 Å². The van der Waals surface area contributed by atoms with Gasteiger partial charge >= 0.3 is 6.36 Å². The molecule has 2 unspecified atom stereocenters. The van der Waals surface area contributed by atoms with Crippen LogP contribution < -0.4 is 20.3 Å². The van der Waals surface area contributed by atoms with E-state index in [-0.39, 0.29) is 17.9 Å². The van der Waals surface area contributed by atoms with Crippen LogP contribution in [0.1, 0.15) is 22.8 Å². The van der Waals surface area contributed by atoms with E-state index in [0.717, 1.165) is 12.1 Å². The Balaban J connectivity index is 1.92. The van der Waals surface area contributed by atoms with E-state index in [2.05, 4.69) is 10.1 Å². The van der Waals surface area contributed by atoms with Gasteiger partial charge in [0.05, 0.1) is 6.10 Å². The summed E-state index contributed by atoms with van der Waals surface area (Å²) in [7, 11) is 0. The molecule has 30 heavy (non-hydrogen) atoms. The molecule has 0 heterocycles. The summed E-state index contributed by atoms with van der Waals surface area (Å²) in [4.78, 5) is 23.7. The molecule has 2 aromatic carbocycles. The van der Waals surface area contributed by atoms with Crippen LogP contribution in [0.5, 0.6) is 11.5 Å². The summed E-state index contributed by atoms with van der Waals surface area (Å²) in [5.41, 5.74) is 2.23. The number of aliphatic hydroxyl groups excluding tert-OH is 1. The number of aliphatic hydroxyl groups is 1. The zero-order valence-corrected chi connectivity index (χ0v) is 15.6. The molecule has 2 rings (SSSR count). The number of hydrogen-bond acceptors (Lipinski definition) is 6. The van der Waals surface area contributed by atoms with Gasteiger partial charge in [0.15, 0.2) is 0 Å². The highest BCUT2D eigenvalue weighted by Crippen LogP contribution is 2.25. The molecule has 8 nitrogen and oxygen atoms in total. The first-order chi connectivity index (χ1) is 14.1. The summed E-state index contributed by atoms with van der Waals surface area (Å²) in [6.07, 6.45) is -6.00. The Morgan fingerprint density at radius 1 is 1.03 bits per heavy atom. The molecule has 2 aromatic rings. The molecule has 0 bridgehead atoms. The molecule has 0 aromatic heterocycles. The first-order valence-electron chi connectivity index (χ1n) is 8.59. The highest BCUT2D eigenvalue weighted by Gasteiger charge is 2.31. The molecule has 0 saturated carbocycles. The third kappa shape index (κ3) is 6.94. The lowest BCUT2D eigenvalue weighted by atomic mass is 10.1. The summed E-state index contributed by atoms with van der Waals surface area (Å²) in [5.74, 6) is -1.65. The minimum atomic E-state index is -4.77. The van der Waals surface area contributed by atoms with Crippen molar-refractivity contribution >= 4 is 11.8 Å². The zero-order valence-electron chi connectivity index (χ0n) is 15.6. The van der Waals surface area contributed by atoms with Gasteiger partial charge in [-0.05, 0) is 48.9 Å². The van der Waals surface area contributed by atoms with Crippen LogP contribution in [0, 0.1) is 0 Å². The standard InChI is InChI=1S/C19H19F3N2O6/c1-11(25)16(18(27)24-28)23-17(26)13-4-2-12(3-5-13)10-29-14-6-8-15(9-7-14)30-19(20,21)22/h2-9,11,16,25,28H,10H2,1H3,(H,23,26)(H,24,27). The van der Waals surface area contributed by atoms with E-state index in [1.165, 1.54) is 36.7 Å². The quantitative estimate of drug-likeness (QED) is 0.378. The van der Waals surface area contributed by atoms with Crippen molar-refractivity contribution in [1.82, 2.24) is 10.8 Å². The molecule has 0 radical (unpaired) electrons. The minimum Gasteiger partial charge on any atom is -0.489 e. The lowest BCUT2D eigenvalue weighted by molar-refractivity contribution is -0.274. The van der Waals surface area contributed by atoms with Gasteiger partial charge in [-0.15, -0.1) is 13.2 Å². The number of rotatable bonds is 8. The van der Waals surface area contributed by atoms with Gasteiger partial charge in [0.25, 0.3) is 11.8 Å². The van der Waals surface area contributed by atoms with Crippen LogP contribution in [0.2, 0.25) is 0 Å². The molecule has 0 aliphatic rings. The van der Waals surface area contributed by atoms with E-state index in [4.69, 9.17) is 9.94 Å². The highest BCUT2D eigenvalue weighted by atomic mass is 19.4. The lowest BCUT2D eigenvalue weighted by Gasteiger charge is -2.19. The van der Waals surface area contributed by atoms with Crippen molar-refractivity contribution in [3.05, 3.63) is 59.7 Å². The normalized spacial score (nSPS) is 13.1. The Morgan fingerprint density at radius 3 is 2.10 bits per heavy atom. The predicted octanol–water partition coefficient (Wildman–Crippen LogP) is 2.15. The van der Waals surface area contributed by atoms with Gasteiger partial charge in [0.1, 0.15) is 24.1 Å². The van der Waals surface area contributed by atoms with E-state index in [1.807, 2.05) is 0 Å². The van der Waals surface area contributed by atoms with Gasteiger partial charge in [0, 0.05) is 5.56 Å². The van der Waals surface area contributed by atoms with Crippen LogP contribution >= 0.6 is 0 Å². The largest absolute Gasteiger partial charge is 0.573 e. The van der Waals surface area contributed by atoms with Crippen molar-refractivity contribution in [2.45, 2.75) is 32.0 Å². The van der Waals surface area contributed by atoms with E-state index in [9.17, 15) is 27.9 Å². The number of hydrogen-bond donors (Lipinski definition) is 4. The van der Waals surface area contributed by atoms with Crippen LogP contribution in [0.15, 0.2) is 48.5 Å². The number of amides is 2. The Kier molecular flexibility index (Phi) is 7.61. The maximum atomic E-state index is 12.2. The van der Waals surface area contributed by atoms with Gasteiger partial charge < -0.3 is 19.9 Å². The minimum absolute atomic E-state index is 0.0879. The average Bonchev–Trinajstić information content (AvgIpc) is 2.69. The van der Waals surface area contributed by atoms with Crippen molar-refractivity contribution in [2.75, 3.05) is 0 Å². The van der Waals surface area contributed by atoms with Gasteiger partial charge in [-0.3, -0.25) is 14.8 Å². The second-order valence-electron chi connectivity index (χ2n) is 6.17. The number of benzene rings is 2. The maximum absolute atomic E-state index is 12.2. The van der Waals surface area contributed by atoms with Crippen LogP contribution in [0.3, 0.4) is 0 Å². The van der Waals surface area contributed by atoms with Crippen molar-refractivity contribution in [3.8, 4) is 11.5 Å². The van der Waals surface area contributed by atoms with Gasteiger partial charge in [-0.25, -0.2) is 5.48 Å². The first-order valence-corrected chi connectivity index (χ1v) is 8.59. The Labute approximate surface area is 169 Å². The molecular formula is C19H19F3N2O6. The van der Waals surface area contributed by atoms with E-state index in [1.54, 1.807) is 12.1 Å². The average molecular weight is 428 g/mol. The Hall–Kier alpha value is -3.31. The number of carbonyl (C=O) groups is 2. The van der Waals surface area contributed by atoms with Crippen LogP contribution in [-0.2, 0) is 11.4 Å². The third-order valence-corrected chi connectivity index (χ3v) is 3.84. The summed E-state index contributed by atoms with van der Waals surface area (Å²) in [6, 6.07) is 9.65. The number of carbonyl (C=O) groups excluding carboxylic acids is 2. The van der Waals surface area contributed by atoms with E-state index in [0.29, 0.717) is 11.3 Å². The fourth-order valence-electron chi connectivity index (χ4n) is 2.36. The smallest absolute Gasteiger partial charge is 0.489 e. The van der Waals surface area contributed by atoms with Crippen molar-refractivity contribution in [2.24, 2.45) is 0 Å². The summed E-state index contributed by atoms with van der Waals surface area (Å²) >= 11 is 0. The molecule has 11 heteroatoms. The number of hydroxylamine groups is 1. The number of ether oxygens (including phenoxy) is 2. The summed E-state index contributed by atoms with van der Waals surface area (Å²) < 4.78 is 45.7. The van der Waals surface area contributed by atoms with E-state index >= 15 is 0 Å². The second kappa shape index (κ2) is 9.94. The number of nitrogens with one attached hydrogen (secondary N) is 2. The van der Waals surface area contributed by atoms with Gasteiger partial charge in [0.2, 0.25) is 0 Å². The van der Waals surface area contributed by atoms with Crippen molar-refractivity contribution < 1.29 is 42.5 Å². The summed E-state index contributed by atoms with van der Waals surface area (Å²) in [5, 5.41) is 20.5. The summed E-state index contributed by atoms with van der Waals surface area (Å²) in [6.45, 7) is 1.37. The van der Waals surface area contributed by atoms with Crippen LogP contribution in [0.4, 0.5) is 13.2 Å². The molecule has 162 valence electrons. The molecule has 0 aliphatic heterocycles. The van der Waals surface area contributed by atoms with E-state index < -0.39 is 30.3 Å². The van der Waals surface area contributed by atoms with Crippen molar-refractivity contribution in [3.63, 3.8) is 0 Å². The third-order valence-electron chi connectivity index (χ3n) is 3.84. The fourth-order valence-corrected chi connectivity index (χ4v) is 2.36. The first kappa shape index (κ1) is 23.0. The highest BCUT2D eigenvalue weighted by molar-refractivity contribution is 5.97. The van der Waals surface area contributed by atoms with Crippen LogP contribution in [0.25, 0.3) is 0 Å². The second-order valence-corrected chi connectivity index (χ2v) is 6.17. The molecular weight excluding hydrogens is 409 g/mol. The molecule has 0 fully saturated rings. The number of alkyl halides is 3. The SMILES string of the molecule is CC(O)C(NC(=O)c1ccc(COc2ccc(OC(F)(F)F)cc2)cc1)C(=O)NO. The lowest BCUT2D eigenvalue weighted by Crippen LogP contribution is -2.51. The Morgan fingerprint density at radius 2 is 1.60 bits per heavy atom.